The van der Waals surface area contributed by atoms with Crippen LogP contribution in [0.2, 0.25) is 0 Å². The van der Waals surface area contributed by atoms with Crippen LogP contribution in [0.3, 0.4) is 0 Å². The van der Waals surface area contributed by atoms with Gasteiger partial charge in [0.1, 0.15) is 17.5 Å². The van der Waals surface area contributed by atoms with Crippen LogP contribution in [0.1, 0.15) is 16.1 Å². The van der Waals surface area contributed by atoms with E-state index in [-0.39, 0.29) is 12.1 Å². The van der Waals surface area contributed by atoms with E-state index in [9.17, 15) is 9.59 Å². The summed E-state index contributed by atoms with van der Waals surface area (Å²) in [6.07, 6.45) is 0.246. The third kappa shape index (κ3) is 4.23. The van der Waals surface area contributed by atoms with Crippen LogP contribution in [0.15, 0.2) is 60.7 Å². The lowest BCUT2D eigenvalue weighted by atomic mass is 10.0. The number of methoxy groups -OCH3 is 2. The monoisotopic (exact) mass is 364 g/mol. The molecule has 0 unspecified atom stereocenters. The van der Waals surface area contributed by atoms with Crippen LogP contribution >= 0.6 is 0 Å². The summed E-state index contributed by atoms with van der Waals surface area (Å²) in [5.41, 5.74) is 1.74. The number of amides is 1. The van der Waals surface area contributed by atoms with Crippen molar-refractivity contribution in [1.29, 1.82) is 0 Å². The second-order valence-corrected chi connectivity index (χ2v) is 5.95. The molecule has 0 spiro atoms. The highest BCUT2D eigenvalue weighted by Crippen LogP contribution is 2.19. The lowest BCUT2D eigenvalue weighted by Gasteiger charge is -2.18. The molecule has 0 bridgehead atoms. The highest BCUT2D eigenvalue weighted by Gasteiger charge is 2.24. The summed E-state index contributed by atoms with van der Waals surface area (Å²) in [5, 5.41) is 3.65. The summed E-state index contributed by atoms with van der Waals surface area (Å²) >= 11 is 0. The maximum atomic E-state index is 12.7. The number of pyridine rings is 1. The van der Waals surface area contributed by atoms with E-state index in [4.69, 9.17) is 9.47 Å². The molecule has 0 aliphatic rings. The molecule has 0 fully saturated rings. The van der Waals surface area contributed by atoms with Crippen molar-refractivity contribution >= 4 is 22.8 Å². The van der Waals surface area contributed by atoms with Gasteiger partial charge in [0.15, 0.2) is 0 Å². The molecule has 1 amide bonds. The number of fused-ring (bicyclic) bond motifs is 1. The van der Waals surface area contributed by atoms with Crippen molar-refractivity contribution in [2.75, 3.05) is 14.2 Å². The van der Waals surface area contributed by atoms with Crippen LogP contribution < -0.4 is 10.1 Å². The third-order valence-corrected chi connectivity index (χ3v) is 4.24. The Morgan fingerprint density at radius 1 is 1.00 bits per heavy atom. The van der Waals surface area contributed by atoms with Crippen molar-refractivity contribution in [3.05, 3.63) is 71.9 Å². The second kappa shape index (κ2) is 8.31. The van der Waals surface area contributed by atoms with E-state index >= 15 is 0 Å². The van der Waals surface area contributed by atoms with Crippen LogP contribution in [0.4, 0.5) is 0 Å². The van der Waals surface area contributed by atoms with Gasteiger partial charge in [-0.2, -0.15) is 0 Å². The number of nitrogens with zero attached hydrogens (tertiary/aromatic N) is 1. The van der Waals surface area contributed by atoms with Gasteiger partial charge in [-0.25, -0.2) is 9.78 Å². The van der Waals surface area contributed by atoms with Crippen molar-refractivity contribution in [3.8, 4) is 5.75 Å². The second-order valence-electron chi connectivity index (χ2n) is 5.95. The van der Waals surface area contributed by atoms with E-state index in [1.54, 1.807) is 19.2 Å². The summed E-state index contributed by atoms with van der Waals surface area (Å²) in [7, 11) is 2.85. The van der Waals surface area contributed by atoms with Crippen molar-refractivity contribution in [3.63, 3.8) is 0 Å². The maximum Gasteiger partial charge on any atom is 0.328 e. The summed E-state index contributed by atoms with van der Waals surface area (Å²) in [5.74, 6) is -0.328. The minimum atomic E-state index is -0.855. The first-order chi connectivity index (χ1) is 13.1. The van der Waals surface area contributed by atoms with Gasteiger partial charge < -0.3 is 14.8 Å². The normalized spacial score (nSPS) is 11.6. The Hall–Kier alpha value is -3.41. The number of esters is 1. The SMILES string of the molecule is COC(=O)[C@@H](Cc1ccccc1OC)NC(=O)c1ccc2ccccc2n1. The van der Waals surface area contributed by atoms with E-state index in [1.165, 1.54) is 7.11 Å². The van der Waals surface area contributed by atoms with Gasteiger partial charge in [0.2, 0.25) is 0 Å². The number of para-hydroxylation sites is 2. The van der Waals surface area contributed by atoms with Gasteiger partial charge in [0.05, 0.1) is 19.7 Å². The predicted molar refractivity (Wildman–Crippen MR) is 102 cm³/mol. The Balaban J connectivity index is 1.82. The molecule has 138 valence electrons. The molecule has 1 N–H and O–H groups in total. The van der Waals surface area contributed by atoms with Crippen LogP contribution in [0, 0.1) is 0 Å². The summed E-state index contributed by atoms with van der Waals surface area (Å²) in [4.78, 5) is 29.2. The number of aromatic nitrogens is 1. The molecule has 6 heteroatoms. The number of hydrogen-bond acceptors (Lipinski definition) is 5. The first-order valence-corrected chi connectivity index (χ1v) is 8.48. The van der Waals surface area contributed by atoms with Crippen LogP contribution in [-0.2, 0) is 16.0 Å². The summed E-state index contributed by atoms with van der Waals surface area (Å²) in [6, 6.07) is 17.5. The molecule has 0 saturated carbocycles. The van der Waals surface area contributed by atoms with Gasteiger partial charge in [-0.15, -0.1) is 0 Å². The number of carbonyl (C=O) groups excluding carboxylic acids is 2. The molecular formula is C21H20N2O4. The van der Waals surface area contributed by atoms with Gasteiger partial charge in [0.25, 0.3) is 5.91 Å². The van der Waals surface area contributed by atoms with Crippen LogP contribution in [0.5, 0.6) is 5.75 Å². The Bertz CT molecular complexity index is 971. The fourth-order valence-electron chi connectivity index (χ4n) is 2.85. The molecule has 0 aliphatic carbocycles. The van der Waals surface area contributed by atoms with E-state index in [1.807, 2.05) is 48.5 Å². The summed E-state index contributed by atoms with van der Waals surface area (Å²) < 4.78 is 10.2. The van der Waals surface area contributed by atoms with Crippen LogP contribution in [0.25, 0.3) is 10.9 Å². The average molecular weight is 364 g/mol. The molecular weight excluding hydrogens is 344 g/mol. The number of nitrogens with one attached hydrogen (secondary N) is 1. The van der Waals surface area contributed by atoms with Gasteiger partial charge in [0, 0.05) is 11.8 Å². The lowest BCUT2D eigenvalue weighted by Crippen LogP contribution is -2.43. The summed E-state index contributed by atoms with van der Waals surface area (Å²) in [6.45, 7) is 0. The molecule has 0 saturated heterocycles. The highest BCUT2D eigenvalue weighted by atomic mass is 16.5. The minimum absolute atomic E-state index is 0.239. The van der Waals surface area contributed by atoms with Gasteiger partial charge in [-0.3, -0.25) is 4.79 Å². The number of carbonyl (C=O) groups is 2. The molecule has 3 aromatic rings. The fourth-order valence-corrected chi connectivity index (χ4v) is 2.85. The van der Waals surface area contributed by atoms with E-state index in [0.29, 0.717) is 11.3 Å². The van der Waals surface area contributed by atoms with Crippen molar-refractivity contribution in [1.82, 2.24) is 10.3 Å². The Kier molecular flexibility index (Phi) is 5.66. The van der Waals surface area contributed by atoms with Crippen LogP contribution in [-0.4, -0.2) is 37.1 Å². The minimum Gasteiger partial charge on any atom is -0.496 e. The molecule has 27 heavy (non-hydrogen) atoms. The fraction of sp³-hybridized carbons (Fsp3) is 0.190. The van der Waals surface area contributed by atoms with Gasteiger partial charge in [-0.1, -0.05) is 42.5 Å². The molecule has 1 atom stereocenters. The average Bonchev–Trinajstić information content (AvgIpc) is 2.72. The quantitative estimate of drug-likeness (QED) is 0.681. The molecule has 6 nitrogen and oxygen atoms in total. The number of ether oxygens (including phenoxy) is 2. The Morgan fingerprint density at radius 2 is 1.74 bits per heavy atom. The van der Waals surface area contributed by atoms with E-state index in [2.05, 4.69) is 10.3 Å². The van der Waals surface area contributed by atoms with Gasteiger partial charge >= 0.3 is 5.97 Å². The zero-order valence-corrected chi connectivity index (χ0v) is 15.1. The zero-order chi connectivity index (χ0) is 19.2. The maximum absolute atomic E-state index is 12.7. The lowest BCUT2D eigenvalue weighted by molar-refractivity contribution is -0.142. The molecule has 0 aliphatic heterocycles. The zero-order valence-electron chi connectivity index (χ0n) is 15.1. The Morgan fingerprint density at radius 3 is 2.52 bits per heavy atom. The van der Waals surface area contributed by atoms with Crippen molar-refractivity contribution < 1.29 is 19.1 Å². The number of hydrogen-bond donors (Lipinski definition) is 1. The largest absolute Gasteiger partial charge is 0.496 e. The molecule has 3 rings (SSSR count). The molecule has 0 radical (unpaired) electrons. The smallest absolute Gasteiger partial charge is 0.328 e. The van der Waals surface area contributed by atoms with E-state index in [0.717, 1.165) is 10.9 Å². The molecule has 2 aromatic carbocycles. The number of rotatable bonds is 6. The first-order valence-electron chi connectivity index (χ1n) is 8.48. The highest BCUT2D eigenvalue weighted by molar-refractivity contribution is 5.97. The number of benzene rings is 2. The standard InChI is InChI=1S/C21H20N2O4/c1-26-19-10-6-4-8-15(19)13-18(21(25)27-2)23-20(24)17-12-11-14-7-3-5-9-16(14)22-17/h3-12,18H,13H2,1-2H3,(H,23,24)/t18-/m1/s1. The third-order valence-electron chi connectivity index (χ3n) is 4.24. The topological polar surface area (TPSA) is 77.5 Å². The van der Waals surface area contributed by atoms with Crippen molar-refractivity contribution in [2.45, 2.75) is 12.5 Å². The molecule has 1 aromatic heterocycles. The van der Waals surface area contributed by atoms with E-state index < -0.39 is 17.9 Å². The first kappa shape index (κ1) is 18.4. The predicted octanol–water partition coefficient (Wildman–Crippen LogP) is 2.76. The Labute approximate surface area is 157 Å². The van der Waals surface area contributed by atoms with Crippen molar-refractivity contribution in [2.24, 2.45) is 0 Å². The molecule has 1 heterocycles. The van der Waals surface area contributed by atoms with Gasteiger partial charge in [-0.05, 0) is 23.8 Å².